The van der Waals surface area contributed by atoms with Gasteiger partial charge in [0.15, 0.2) is 0 Å². The molecule has 34 heavy (non-hydrogen) atoms. The maximum Gasteiger partial charge on any atom is 0.310 e. The highest BCUT2D eigenvalue weighted by atomic mass is 16.5. The highest BCUT2D eigenvalue weighted by Crippen LogP contribution is 2.33. The third-order valence-electron chi connectivity index (χ3n) is 5.93. The number of hydrogen-bond donors (Lipinski definition) is 1. The average molecular weight is 458 g/mol. The highest BCUT2D eigenvalue weighted by molar-refractivity contribution is 5.87. The molecule has 3 aromatic carbocycles. The summed E-state index contributed by atoms with van der Waals surface area (Å²) in [5, 5.41) is 1.03. The minimum absolute atomic E-state index is 0.178. The van der Waals surface area contributed by atoms with Crippen LogP contribution in [0.3, 0.4) is 0 Å². The lowest BCUT2D eigenvalue weighted by Gasteiger charge is -2.13. The summed E-state index contributed by atoms with van der Waals surface area (Å²) < 4.78 is 17.6. The van der Waals surface area contributed by atoms with Crippen LogP contribution in [0.4, 0.5) is 0 Å². The van der Waals surface area contributed by atoms with Crippen LogP contribution in [0, 0.1) is 6.92 Å². The molecule has 0 aliphatic rings. The molecule has 176 valence electrons. The Labute approximate surface area is 200 Å². The first-order valence-corrected chi connectivity index (χ1v) is 11.7. The average Bonchev–Trinajstić information content (AvgIpc) is 3.21. The van der Waals surface area contributed by atoms with E-state index in [4.69, 9.17) is 19.6 Å². The molecular formula is C29H31NO4. The number of ether oxygens (including phenoxy) is 2. The summed E-state index contributed by atoms with van der Waals surface area (Å²) in [7, 11) is 0. The van der Waals surface area contributed by atoms with Crippen LogP contribution in [0.25, 0.3) is 22.1 Å². The molecule has 0 fully saturated rings. The van der Waals surface area contributed by atoms with Crippen molar-refractivity contribution in [2.45, 2.75) is 46.8 Å². The fraction of sp³-hybridized carbons (Fsp3) is 0.276. The Morgan fingerprint density at radius 2 is 1.82 bits per heavy atom. The van der Waals surface area contributed by atoms with Crippen molar-refractivity contribution in [1.82, 2.24) is 0 Å². The lowest BCUT2D eigenvalue weighted by atomic mass is 10.00. The maximum absolute atomic E-state index is 12.1. The number of carbonyl (C=O) groups excluding carboxylic acids is 1. The number of esters is 1. The smallest absolute Gasteiger partial charge is 0.310 e. The second-order valence-electron chi connectivity index (χ2n) is 8.35. The topological polar surface area (TPSA) is 74.7 Å². The van der Waals surface area contributed by atoms with Crippen molar-refractivity contribution in [3.8, 4) is 16.9 Å². The Morgan fingerprint density at radius 1 is 1.00 bits per heavy atom. The van der Waals surface area contributed by atoms with Gasteiger partial charge in [0.05, 0.1) is 13.0 Å². The van der Waals surface area contributed by atoms with Gasteiger partial charge < -0.3 is 19.6 Å². The molecule has 0 bridgehead atoms. The minimum Gasteiger partial charge on any atom is -0.488 e. The predicted molar refractivity (Wildman–Crippen MR) is 135 cm³/mol. The molecule has 4 rings (SSSR count). The zero-order valence-electron chi connectivity index (χ0n) is 20.0. The number of fused-ring (bicyclic) bond motifs is 1. The second-order valence-corrected chi connectivity index (χ2v) is 8.35. The lowest BCUT2D eigenvalue weighted by molar-refractivity contribution is -0.142. The van der Waals surface area contributed by atoms with Gasteiger partial charge >= 0.3 is 5.97 Å². The van der Waals surface area contributed by atoms with Crippen molar-refractivity contribution in [3.05, 3.63) is 88.7 Å². The standard InChI is InChI=1S/C29H31NO4/c1-4-26-25(18-33-28-13-19(3)9-10-23(28)16-29(31)32-5-2)24-15-22(11-12-27(24)34-26)21-8-6-7-20(14-21)17-30/h6-15H,4-5,16-18,30H2,1-3H3. The molecule has 0 unspecified atom stereocenters. The molecule has 2 N–H and O–H groups in total. The van der Waals surface area contributed by atoms with Crippen molar-refractivity contribution in [1.29, 1.82) is 0 Å². The molecule has 0 amide bonds. The van der Waals surface area contributed by atoms with Crippen molar-refractivity contribution in [2.24, 2.45) is 5.73 Å². The molecule has 0 aliphatic heterocycles. The third kappa shape index (κ3) is 5.15. The predicted octanol–water partition coefficient (Wildman–Crippen LogP) is 6.11. The van der Waals surface area contributed by atoms with E-state index in [1.54, 1.807) is 6.92 Å². The number of hydrogen-bond acceptors (Lipinski definition) is 5. The minimum atomic E-state index is -0.261. The fourth-order valence-corrected chi connectivity index (χ4v) is 4.16. The SMILES string of the molecule is CCOC(=O)Cc1ccc(C)cc1OCc1c(CC)oc2ccc(-c3cccc(CN)c3)cc12. The molecule has 5 nitrogen and oxygen atoms in total. The number of benzene rings is 3. The number of nitrogens with two attached hydrogens (primary N) is 1. The molecule has 0 aliphatic carbocycles. The van der Waals surface area contributed by atoms with E-state index in [9.17, 15) is 4.79 Å². The van der Waals surface area contributed by atoms with Crippen molar-refractivity contribution in [2.75, 3.05) is 6.61 Å². The van der Waals surface area contributed by atoms with Gasteiger partial charge in [0.2, 0.25) is 0 Å². The van der Waals surface area contributed by atoms with Gasteiger partial charge in [-0.3, -0.25) is 4.79 Å². The van der Waals surface area contributed by atoms with E-state index in [1.807, 2.05) is 43.3 Å². The van der Waals surface area contributed by atoms with Crippen LogP contribution in [-0.4, -0.2) is 12.6 Å². The summed E-state index contributed by atoms with van der Waals surface area (Å²) in [4.78, 5) is 12.1. The van der Waals surface area contributed by atoms with Gasteiger partial charge in [-0.25, -0.2) is 0 Å². The van der Waals surface area contributed by atoms with Crippen LogP contribution in [-0.2, 0) is 35.5 Å². The number of carbonyl (C=O) groups is 1. The first-order valence-electron chi connectivity index (χ1n) is 11.7. The molecule has 0 atom stereocenters. The Morgan fingerprint density at radius 3 is 2.59 bits per heavy atom. The second kappa shape index (κ2) is 10.6. The van der Waals surface area contributed by atoms with Crippen LogP contribution in [0.15, 0.2) is 65.1 Å². The molecule has 1 aromatic heterocycles. The number of rotatable bonds is 9. The van der Waals surface area contributed by atoms with Crippen LogP contribution in [0.5, 0.6) is 5.75 Å². The van der Waals surface area contributed by atoms with E-state index >= 15 is 0 Å². The van der Waals surface area contributed by atoms with Gasteiger partial charge in [-0.05, 0) is 60.4 Å². The van der Waals surface area contributed by atoms with Crippen LogP contribution >= 0.6 is 0 Å². The van der Waals surface area contributed by atoms with E-state index in [2.05, 4.69) is 31.2 Å². The molecule has 1 heterocycles. The Balaban J connectivity index is 1.67. The molecular weight excluding hydrogens is 426 g/mol. The molecule has 0 saturated carbocycles. The van der Waals surface area contributed by atoms with E-state index in [-0.39, 0.29) is 12.4 Å². The van der Waals surface area contributed by atoms with Crippen molar-refractivity contribution < 1.29 is 18.7 Å². The Hall–Kier alpha value is -3.57. The van der Waals surface area contributed by atoms with Gasteiger partial charge in [0.25, 0.3) is 0 Å². The first-order chi connectivity index (χ1) is 16.5. The Bertz CT molecular complexity index is 1300. The monoisotopic (exact) mass is 457 g/mol. The number of furan rings is 1. The molecule has 5 heteroatoms. The van der Waals surface area contributed by atoms with E-state index < -0.39 is 0 Å². The quantitative estimate of drug-likeness (QED) is 0.307. The lowest BCUT2D eigenvalue weighted by Crippen LogP contribution is -2.09. The first kappa shape index (κ1) is 23.6. The van der Waals surface area contributed by atoms with Crippen LogP contribution in [0.2, 0.25) is 0 Å². The summed E-state index contributed by atoms with van der Waals surface area (Å²) >= 11 is 0. The molecule has 0 radical (unpaired) electrons. The summed E-state index contributed by atoms with van der Waals surface area (Å²) in [5.41, 5.74) is 12.9. The molecule has 0 spiro atoms. The van der Waals surface area contributed by atoms with E-state index in [0.29, 0.717) is 25.5 Å². The van der Waals surface area contributed by atoms with E-state index in [0.717, 1.165) is 56.5 Å². The van der Waals surface area contributed by atoms with Gasteiger partial charge in [-0.2, -0.15) is 0 Å². The Kier molecular flexibility index (Phi) is 7.33. The van der Waals surface area contributed by atoms with Crippen molar-refractivity contribution >= 4 is 16.9 Å². The molecule has 0 saturated heterocycles. The zero-order chi connectivity index (χ0) is 24.1. The van der Waals surface area contributed by atoms with E-state index in [1.165, 1.54) is 0 Å². The summed E-state index contributed by atoms with van der Waals surface area (Å²) in [5.74, 6) is 1.34. The fourth-order valence-electron chi connectivity index (χ4n) is 4.16. The highest BCUT2D eigenvalue weighted by Gasteiger charge is 2.17. The van der Waals surface area contributed by atoms with Gasteiger partial charge in [0, 0.05) is 29.5 Å². The van der Waals surface area contributed by atoms with Crippen LogP contribution < -0.4 is 10.5 Å². The van der Waals surface area contributed by atoms with Crippen LogP contribution in [0.1, 0.15) is 41.9 Å². The maximum atomic E-state index is 12.1. The largest absolute Gasteiger partial charge is 0.488 e. The summed E-state index contributed by atoms with van der Waals surface area (Å²) in [6.07, 6.45) is 0.937. The van der Waals surface area contributed by atoms with Gasteiger partial charge in [-0.15, -0.1) is 0 Å². The molecule has 4 aromatic rings. The van der Waals surface area contributed by atoms with Gasteiger partial charge in [-0.1, -0.05) is 43.3 Å². The summed E-state index contributed by atoms with van der Waals surface area (Å²) in [6.45, 7) is 7.10. The summed E-state index contributed by atoms with van der Waals surface area (Å²) in [6, 6.07) is 20.4. The zero-order valence-corrected chi connectivity index (χ0v) is 20.0. The van der Waals surface area contributed by atoms with Gasteiger partial charge in [0.1, 0.15) is 23.7 Å². The van der Waals surface area contributed by atoms with Crippen molar-refractivity contribution in [3.63, 3.8) is 0 Å². The third-order valence-corrected chi connectivity index (χ3v) is 5.93. The normalized spacial score (nSPS) is 11.1. The number of aryl methyl sites for hydroxylation is 2.